The van der Waals surface area contributed by atoms with E-state index >= 15 is 0 Å². The number of hydrogen-bond acceptors (Lipinski definition) is 2. The number of amides is 1. The highest BCUT2D eigenvalue weighted by molar-refractivity contribution is 5.94. The normalized spacial score (nSPS) is 10.2. The molecule has 19 heavy (non-hydrogen) atoms. The monoisotopic (exact) mass is 260 g/mol. The molecule has 1 aromatic heterocycles. The molecule has 5 heteroatoms. The molecule has 0 aliphatic carbocycles. The van der Waals surface area contributed by atoms with E-state index in [-0.39, 0.29) is 23.8 Å². The number of carbonyl (C=O) groups is 1. The van der Waals surface area contributed by atoms with Gasteiger partial charge in [-0.3, -0.25) is 9.59 Å². The second-order valence-corrected chi connectivity index (χ2v) is 4.23. The average Bonchev–Trinajstić information content (AvgIpc) is 2.36. The fraction of sp³-hybridized carbons (Fsp3) is 0.143. The lowest BCUT2D eigenvalue weighted by Gasteiger charge is -2.05. The van der Waals surface area contributed by atoms with Crippen molar-refractivity contribution in [2.24, 2.45) is 0 Å². The van der Waals surface area contributed by atoms with Crippen LogP contribution < -0.4 is 10.9 Å². The van der Waals surface area contributed by atoms with Crippen molar-refractivity contribution in [3.05, 3.63) is 69.4 Å². The molecule has 2 rings (SSSR count). The van der Waals surface area contributed by atoms with Gasteiger partial charge in [-0.2, -0.15) is 0 Å². The van der Waals surface area contributed by atoms with Crippen LogP contribution in [0.25, 0.3) is 0 Å². The molecule has 0 unspecified atom stereocenters. The minimum absolute atomic E-state index is 0.283. The first-order valence-corrected chi connectivity index (χ1v) is 5.78. The molecule has 1 aromatic carbocycles. The molecule has 0 saturated heterocycles. The SMILES string of the molecule is Cc1cc(C(=O)NCc2ccc(F)cc2)cc(=O)[nH]1. The molecule has 0 saturated carbocycles. The van der Waals surface area contributed by atoms with Gasteiger partial charge in [-0.25, -0.2) is 4.39 Å². The number of carbonyl (C=O) groups excluding carboxylic acids is 1. The molecular formula is C14H13FN2O2. The van der Waals surface area contributed by atoms with Crippen LogP contribution in [0, 0.1) is 12.7 Å². The van der Waals surface area contributed by atoms with Crippen molar-refractivity contribution in [1.82, 2.24) is 10.3 Å². The first-order valence-electron chi connectivity index (χ1n) is 5.78. The first-order chi connectivity index (χ1) is 9.04. The van der Waals surface area contributed by atoms with Crippen LogP contribution in [0.4, 0.5) is 4.39 Å². The summed E-state index contributed by atoms with van der Waals surface area (Å²) in [4.78, 5) is 25.7. The summed E-state index contributed by atoms with van der Waals surface area (Å²) < 4.78 is 12.7. The Morgan fingerprint density at radius 2 is 1.95 bits per heavy atom. The summed E-state index contributed by atoms with van der Waals surface area (Å²) in [5.74, 6) is -0.654. The van der Waals surface area contributed by atoms with E-state index < -0.39 is 0 Å². The van der Waals surface area contributed by atoms with E-state index in [2.05, 4.69) is 10.3 Å². The van der Waals surface area contributed by atoms with Crippen LogP contribution in [-0.2, 0) is 6.54 Å². The van der Waals surface area contributed by atoms with Crippen LogP contribution >= 0.6 is 0 Å². The maximum absolute atomic E-state index is 12.7. The molecule has 0 aliphatic rings. The van der Waals surface area contributed by atoms with Crippen molar-refractivity contribution in [3.63, 3.8) is 0 Å². The van der Waals surface area contributed by atoms with Gasteiger partial charge in [0.1, 0.15) is 5.82 Å². The number of hydrogen-bond donors (Lipinski definition) is 2. The molecule has 0 aliphatic heterocycles. The number of H-pyrrole nitrogens is 1. The van der Waals surface area contributed by atoms with Crippen molar-refractivity contribution < 1.29 is 9.18 Å². The number of rotatable bonds is 3. The third-order valence-corrected chi connectivity index (χ3v) is 2.61. The number of halogens is 1. The topological polar surface area (TPSA) is 62.0 Å². The second kappa shape index (κ2) is 5.48. The largest absolute Gasteiger partial charge is 0.348 e. The Morgan fingerprint density at radius 3 is 2.58 bits per heavy atom. The Balaban J connectivity index is 2.05. The zero-order valence-electron chi connectivity index (χ0n) is 10.4. The molecule has 0 spiro atoms. The molecule has 4 nitrogen and oxygen atoms in total. The molecule has 98 valence electrons. The zero-order chi connectivity index (χ0) is 13.8. The van der Waals surface area contributed by atoms with E-state index in [4.69, 9.17) is 0 Å². The van der Waals surface area contributed by atoms with Crippen LogP contribution in [-0.4, -0.2) is 10.9 Å². The lowest BCUT2D eigenvalue weighted by atomic mass is 10.2. The predicted molar refractivity (Wildman–Crippen MR) is 69.4 cm³/mol. The van der Waals surface area contributed by atoms with Crippen LogP contribution in [0.15, 0.2) is 41.2 Å². The quantitative estimate of drug-likeness (QED) is 0.883. The highest BCUT2D eigenvalue weighted by Crippen LogP contribution is 2.03. The summed E-state index contributed by atoms with van der Waals surface area (Å²) in [6, 6.07) is 8.70. The number of nitrogens with one attached hydrogen (secondary N) is 2. The highest BCUT2D eigenvalue weighted by Gasteiger charge is 2.06. The summed E-state index contributed by atoms with van der Waals surface area (Å²) in [5, 5.41) is 2.67. The molecule has 0 radical (unpaired) electrons. The third kappa shape index (κ3) is 3.51. The number of aryl methyl sites for hydroxylation is 1. The van der Waals surface area contributed by atoms with E-state index in [1.807, 2.05) is 0 Å². The Labute approximate surface area is 109 Å². The predicted octanol–water partition coefficient (Wildman–Crippen LogP) is 1.75. The minimum Gasteiger partial charge on any atom is -0.348 e. The van der Waals surface area contributed by atoms with Crippen LogP contribution in [0.1, 0.15) is 21.6 Å². The number of aromatic nitrogens is 1. The fourth-order valence-corrected chi connectivity index (χ4v) is 1.70. The van der Waals surface area contributed by atoms with E-state index in [1.165, 1.54) is 18.2 Å². The van der Waals surface area contributed by atoms with E-state index in [0.29, 0.717) is 11.3 Å². The molecule has 2 N–H and O–H groups in total. The summed E-state index contributed by atoms with van der Waals surface area (Å²) in [7, 11) is 0. The van der Waals surface area contributed by atoms with Gasteiger partial charge in [0.15, 0.2) is 0 Å². The summed E-state index contributed by atoms with van der Waals surface area (Å²) in [6.45, 7) is 1.99. The number of aromatic amines is 1. The van der Waals surface area contributed by atoms with E-state index in [9.17, 15) is 14.0 Å². The first kappa shape index (κ1) is 13.0. The molecule has 2 aromatic rings. The summed E-state index contributed by atoms with van der Waals surface area (Å²) >= 11 is 0. The van der Waals surface area contributed by atoms with Crippen LogP contribution in [0.3, 0.4) is 0 Å². The van der Waals surface area contributed by atoms with Crippen molar-refractivity contribution in [2.45, 2.75) is 13.5 Å². The van der Waals surface area contributed by atoms with Gasteiger partial charge in [0.25, 0.3) is 5.91 Å². The van der Waals surface area contributed by atoms with Gasteiger partial charge in [-0.15, -0.1) is 0 Å². The smallest absolute Gasteiger partial charge is 0.251 e. The van der Waals surface area contributed by atoms with Crippen molar-refractivity contribution >= 4 is 5.91 Å². The zero-order valence-corrected chi connectivity index (χ0v) is 10.4. The highest BCUT2D eigenvalue weighted by atomic mass is 19.1. The van der Waals surface area contributed by atoms with E-state index in [1.54, 1.807) is 25.1 Å². The van der Waals surface area contributed by atoms with Gasteiger partial charge in [0.05, 0.1) is 0 Å². The minimum atomic E-state index is -0.335. The molecular weight excluding hydrogens is 247 g/mol. The lowest BCUT2D eigenvalue weighted by molar-refractivity contribution is 0.0950. The van der Waals surface area contributed by atoms with Crippen LogP contribution in [0.2, 0.25) is 0 Å². The van der Waals surface area contributed by atoms with Gasteiger partial charge >= 0.3 is 0 Å². The van der Waals surface area contributed by atoms with Gasteiger partial charge in [-0.05, 0) is 30.7 Å². The summed E-state index contributed by atoms with van der Waals surface area (Å²) in [5.41, 5.74) is 1.41. The lowest BCUT2D eigenvalue weighted by Crippen LogP contribution is -2.24. The van der Waals surface area contributed by atoms with Crippen molar-refractivity contribution in [3.8, 4) is 0 Å². The van der Waals surface area contributed by atoms with Crippen molar-refractivity contribution in [2.75, 3.05) is 0 Å². The van der Waals surface area contributed by atoms with E-state index in [0.717, 1.165) is 5.56 Å². The molecule has 1 amide bonds. The van der Waals surface area contributed by atoms with Gasteiger partial charge in [-0.1, -0.05) is 12.1 Å². The van der Waals surface area contributed by atoms with Crippen LogP contribution in [0.5, 0.6) is 0 Å². The van der Waals surface area contributed by atoms with Gasteiger partial charge in [0, 0.05) is 23.9 Å². The molecule has 1 heterocycles. The Hall–Kier alpha value is -2.43. The van der Waals surface area contributed by atoms with Crippen molar-refractivity contribution in [1.29, 1.82) is 0 Å². The fourth-order valence-electron chi connectivity index (χ4n) is 1.70. The molecule has 0 atom stereocenters. The average molecular weight is 260 g/mol. The maximum atomic E-state index is 12.7. The Morgan fingerprint density at radius 1 is 1.26 bits per heavy atom. The molecule has 0 bridgehead atoms. The van der Waals surface area contributed by atoms with Gasteiger partial charge < -0.3 is 10.3 Å². The number of benzene rings is 1. The third-order valence-electron chi connectivity index (χ3n) is 2.61. The standard InChI is InChI=1S/C14H13FN2O2/c1-9-6-11(7-13(18)17-9)14(19)16-8-10-2-4-12(15)5-3-10/h2-7H,8H2,1H3,(H,16,19)(H,17,18). The second-order valence-electron chi connectivity index (χ2n) is 4.23. The molecule has 0 fully saturated rings. The Bertz CT molecular complexity index is 647. The Kier molecular flexibility index (Phi) is 3.75. The summed E-state index contributed by atoms with van der Waals surface area (Å²) in [6.07, 6.45) is 0. The van der Waals surface area contributed by atoms with Gasteiger partial charge in [0.2, 0.25) is 5.56 Å². The number of pyridine rings is 1. The maximum Gasteiger partial charge on any atom is 0.251 e.